The molecule has 3 aromatic rings. The number of aromatic nitrogens is 1. The van der Waals surface area contributed by atoms with Crippen LogP contribution < -0.4 is 18.9 Å². The molecule has 2 aromatic carbocycles. The van der Waals surface area contributed by atoms with Crippen LogP contribution in [0.1, 0.15) is 16.1 Å². The molecule has 0 saturated carbocycles. The molecule has 8 heteroatoms. The molecule has 0 aliphatic carbocycles. The highest BCUT2D eigenvalue weighted by Crippen LogP contribution is 2.41. The Kier molecular flexibility index (Phi) is 6.66. The van der Waals surface area contributed by atoms with Gasteiger partial charge in [0, 0.05) is 28.8 Å². The average molecular weight is 476 g/mol. The average Bonchev–Trinajstić information content (AvgIpc) is 2.76. The van der Waals surface area contributed by atoms with Crippen molar-refractivity contribution in [3.05, 3.63) is 41.6 Å². The number of methoxy groups -OCH3 is 4. The molecule has 0 bridgehead atoms. The lowest BCUT2D eigenvalue weighted by molar-refractivity contribution is 0.0696. The third-order valence-electron chi connectivity index (χ3n) is 4.78. The maximum atomic E-state index is 12.3. The first-order chi connectivity index (χ1) is 14.5. The van der Waals surface area contributed by atoms with Crippen molar-refractivity contribution in [3.63, 3.8) is 0 Å². The summed E-state index contributed by atoms with van der Waals surface area (Å²) in [6.45, 7) is 0. The number of nitrogens with zero attached hydrogens (tertiary/aromatic N) is 1. The van der Waals surface area contributed by atoms with E-state index in [0.717, 1.165) is 0 Å². The number of carboxylic acid groups (broad SMARTS) is 1. The zero-order chi connectivity index (χ0) is 21.8. The topological polar surface area (TPSA) is 87.1 Å². The predicted octanol–water partition coefficient (Wildman–Crippen LogP) is 4.57. The maximum absolute atomic E-state index is 12.3. The van der Waals surface area contributed by atoms with Crippen molar-refractivity contribution in [2.45, 2.75) is 6.42 Å². The normalized spacial score (nSPS) is 10.7. The number of rotatable bonds is 8. The van der Waals surface area contributed by atoms with Gasteiger partial charge in [-0.1, -0.05) is 22.0 Å². The highest BCUT2D eigenvalue weighted by Gasteiger charge is 2.24. The molecular formula is C22H22BrNO6. The summed E-state index contributed by atoms with van der Waals surface area (Å²) in [7, 11) is 6.16. The molecule has 3 rings (SSSR count). The highest BCUT2D eigenvalue weighted by atomic mass is 79.9. The summed E-state index contributed by atoms with van der Waals surface area (Å²) in [5.41, 5.74) is 2.43. The Morgan fingerprint density at radius 3 is 2.10 bits per heavy atom. The van der Waals surface area contributed by atoms with Crippen molar-refractivity contribution in [2.24, 2.45) is 0 Å². The van der Waals surface area contributed by atoms with E-state index in [1.165, 1.54) is 14.2 Å². The molecule has 0 aliphatic rings. The third kappa shape index (κ3) is 3.87. The quantitative estimate of drug-likeness (QED) is 0.477. The van der Waals surface area contributed by atoms with E-state index in [2.05, 4.69) is 20.9 Å². The van der Waals surface area contributed by atoms with Gasteiger partial charge in [0.1, 0.15) is 0 Å². The molecule has 0 unspecified atom stereocenters. The van der Waals surface area contributed by atoms with Crippen LogP contribution in [-0.4, -0.2) is 49.8 Å². The van der Waals surface area contributed by atoms with Gasteiger partial charge in [0.05, 0.1) is 45.2 Å². The first kappa shape index (κ1) is 21.7. The van der Waals surface area contributed by atoms with Gasteiger partial charge in [-0.15, -0.1) is 0 Å². The number of fused-ring (bicyclic) bond motifs is 1. The Bertz CT molecular complexity index is 1100. The van der Waals surface area contributed by atoms with E-state index < -0.39 is 5.97 Å². The van der Waals surface area contributed by atoms with E-state index >= 15 is 0 Å². The first-order valence-corrected chi connectivity index (χ1v) is 10.2. The number of aryl methyl sites for hydroxylation is 1. The Labute approximate surface area is 182 Å². The van der Waals surface area contributed by atoms with Crippen LogP contribution in [0.3, 0.4) is 0 Å². The fourth-order valence-electron chi connectivity index (χ4n) is 3.43. The first-order valence-electron chi connectivity index (χ1n) is 9.09. The number of aromatic carboxylic acids is 1. The van der Waals surface area contributed by atoms with Crippen LogP contribution in [-0.2, 0) is 6.42 Å². The van der Waals surface area contributed by atoms with Crippen molar-refractivity contribution < 1.29 is 28.8 Å². The van der Waals surface area contributed by atoms with Gasteiger partial charge in [-0.05, 0) is 23.8 Å². The molecule has 30 heavy (non-hydrogen) atoms. The van der Waals surface area contributed by atoms with Gasteiger partial charge >= 0.3 is 5.97 Å². The molecule has 7 nitrogen and oxygen atoms in total. The predicted molar refractivity (Wildman–Crippen MR) is 118 cm³/mol. The van der Waals surface area contributed by atoms with Crippen LogP contribution in [0.4, 0.5) is 0 Å². The highest BCUT2D eigenvalue weighted by molar-refractivity contribution is 9.09. The van der Waals surface area contributed by atoms with Crippen LogP contribution in [0.5, 0.6) is 23.0 Å². The van der Waals surface area contributed by atoms with E-state index in [1.54, 1.807) is 44.6 Å². The van der Waals surface area contributed by atoms with Crippen molar-refractivity contribution in [1.29, 1.82) is 0 Å². The largest absolute Gasteiger partial charge is 0.493 e. The fraction of sp³-hybridized carbons (Fsp3) is 0.273. The Hall–Kier alpha value is -3.00. The van der Waals surface area contributed by atoms with E-state index in [0.29, 0.717) is 62.5 Å². The van der Waals surface area contributed by atoms with E-state index in [-0.39, 0.29) is 5.56 Å². The van der Waals surface area contributed by atoms with Gasteiger partial charge in [0.2, 0.25) is 0 Å². The molecule has 0 fully saturated rings. The molecule has 0 aliphatic heterocycles. The van der Waals surface area contributed by atoms with Gasteiger partial charge in [-0.3, -0.25) is 4.98 Å². The zero-order valence-corrected chi connectivity index (χ0v) is 18.7. The fourth-order valence-corrected chi connectivity index (χ4v) is 3.81. The second kappa shape index (κ2) is 9.21. The molecule has 1 aromatic heterocycles. The number of alkyl halides is 1. The molecule has 0 amide bonds. The smallest absolute Gasteiger partial charge is 0.338 e. The number of benzene rings is 2. The van der Waals surface area contributed by atoms with Crippen molar-refractivity contribution >= 4 is 32.8 Å². The monoisotopic (exact) mass is 475 g/mol. The number of hydrogen-bond acceptors (Lipinski definition) is 6. The Morgan fingerprint density at radius 2 is 1.53 bits per heavy atom. The minimum Gasteiger partial charge on any atom is -0.493 e. The van der Waals surface area contributed by atoms with Crippen LogP contribution in [0.2, 0.25) is 0 Å². The molecule has 0 spiro atoms. The van der Waals surface area contributed by atoms with Gasteiger partial charge in [0.15, 0.2) is 23.0 Å². The lowest BCUT2D eigenvalue weighted by Gasteiger charge is -2.18. The van der Waals surface area contributed by atoms with Crippen molar-refractivity contribution in [2.75, 3.05) is 33.8 Å². The number of pyridine rings is 1. The maximum Gasteiger partial charge on any atom is 0.338 e. The summed E-state index contributed by atoms with van der Waals surface area (Å²) < 4.78 is 21.6. The molecule has 158 valence electrons. The molecule has 0 saturated heterocycles. The van der Waals surface area contributed by atoms with Crippen LogP contribution >= 0.6 is 15.9 Å². The van der Waals surface area contributed by atoms with Crippen LogP contribution in [0.25, 0.3) is 22.0 Å². The minimum atomic E-state index is -1.06. The van der Waals surface area contributed by atoms with Gasteiger partial charge in [-0.25, -0.2) is 4.79 Å². The second-order valence-electron chi connectivity index (χ2n) is 6.35. The van der Waals surface area contributed by atoms with E-state index in [9.17, 15) is 9.90 Å². The minimum absolute atomic E-state index is 0.140. The summed E-state index contributed by atoms with van der Waals surface area (Å²) in [5, 5.41) is 11.3. The van der Waals surface area contributed by atoms with Gasteiger partial charge in [0.25, 0.3) is 0 Å². The zero-order valence-electron chi connectivity index (χ0n) is 17.1. The lowest BCUT2D eigenvalue weighted by atomic mass is 9.92. The summed E-state index contributed by atoms with van der Waals surface area (Å²) in [6, 6.07) is 8.81. The van der Waals surface area contributed by atoms with Gasteiger partial charge in [-0.2, -0.15) is 0 Å². The van der Waals surface area contributed by atoms with Gasteiger partial charge < -0.3 is 24.1 Å². The second-order valence-corrected chi connectivity index (χ2v) is 7.14. The number of carboxylic acids is 1. The van der Waals surface area contributed by atoms with Crippen LogP contribution in [0, 0.1) is 0 Å². The number of hydrogen-bond donors (Lipinski definition) is 1. The standard InChI is InChI=1S/C22H22BrNO6/c1-27-16-6-5-12(9-17(16)28-2)20-13-10-18(29-3)19(30-4)11-15(13)24-14(7-8-23)21(20)22(25)26/h5-6,9-11H,7-8H2,1-4H3,(H,25,26). The summed E-state index contributed by atoms with van der Waals surface area (Å²) in [5.74, 6) is 0.997. The SMILES string of the molecule is COc1ccc(-c2c(C(=O)O)c(CCBr)nc3cc(OC)c(OC)cc23)cc1OC. The summed E-state index contributed by atoms with van der Waals surface area (Å²) in [6.07, 6.45) is 0.451. The van der Waals surface area contributed by atoms with Crippen LogP contribution in [0.15, 0.2) is 30.3 Å². The lowest BCUT2D eigenvalue weighted by Crippen LogP contribution is -2.10. The number of carbonyl (C=O) groups is 1. The summed E-state index contributed by atoms with van der Waals surface area (Å²) in [4.78, 5) is 17.0. The van der Waals surface area contributed by atoms with Crippen molar-refractivity contribution in [3.8, 4) is 34.1 Å². The van der Waals surface area contributed by atoms with Crippen molar-refractivity contribution in [1.82, 2.24) is 4.98 Å². The molecule has 0 radical (unpaired) electrons. The Balaban J connectivity index is 2.47. The summed E-state index contributed by atoms with van der Waals surface area (Å²) >= 11 is 3.39. The molecular weight excluding hydrogens is 454 g/mol. The molecule has 0 atom stereocenters. The third-order valence-corrected chi connectivity index (χ3v) is 5.18. The number of ether oxygens (including phenoxy) is 4. The molecule has 1 heterocycles. The Morgan fingerprint density at radius 1 is 0.933 bits per heavy atom. The molecule has 1 N–H and O–H groups in total. The van der Waals surface area contributed by atoms with E-state index in [4.69, 9.17) is 18.9 Å². The van der Waals surface area contributed by atoms with E-state index in [1.807, 2.05) is 0 Å². The number of halogens is 1.